The van der Waals surface area contributed by atoms with E-state index in [1.54, 1.807) is 0 Å². The zero-order valence-corrected chi connectivity index (χ0v) is 17.8. The average Bonchev–Trinajstić information content (AvgIpc) is 2.90. The van der Waals surface area contributed by atoms with Crippen LogP contribution in [0, 0.1) is 16.7 Å². The first-order valence-corrected chi connectivity index (χ1v) is 10.9. The Hall–Kier alpha value is -1.83. The Morgan fingerprint density at radius 1 is 1.21 bits per heavy atom. The highest BCUT2D eigenvalue weighted by Gasteiger charge is 2.64. The molecule has 1 aromatic rings. The number of amides is 2. The molecule has 1 saturated carbocycles. The fourth-order valence-electron chi connectivity index (χ4n) is 5.62. The van der Waals surface area contributed by atoms with Crippen LogP contribution in [0.1, 0.15) is 33.6 Å². The lowest BCUT2D eigenvalue weighted by Crippen LogP contribution is -3.26. The molecular weight excluding hydrogens is 368 g/mol. The number of nitrogens with one attached hydrogen (secondary N) is 2. The van der Waals surface area contributed by atoms with Crippen LogP contribution < -0.4 is 9.80 Å². The van der Waals surface area contributed by atoms with Crippen LogP contribution in [0.2, 0.25) is 0 Å². The molecule has 3 unspecified atom stereocenters. The maximum absolute atomic E-state index is 13.1. The van der Waals surface area contributed by atoms with Crippen molar-refractivity contribution in [3.63, 3.8) is 0 Å². The number of imide groups is 1. The molecule has 29 heavy (non-hydrogen) atoms. The zero-order valence-electron chi connectivity index (χ0n) is 17.8. The van der Waals surface area contributed by atoms with Gasteiger partial charge in [-0.2, -0.15) is 0 Å². The molecule has 7 nitrogen and oxygen atoms in total. The summed E-state index contributed by atoms with van der Waals surface area (Å²) < 4.78 is 0. The number of aromatic nitrogens is 1. The summed E-state index contributed by atoms with van der Waals surface area (Å²) in [5, 5.41) is 10.7. The molecule has 3 fully saturated rings. The molecule has 0 radical (unpaired) electrons. The fraction of sp³-hybridized carbons (Fsp3) is 0.682. The molecule has 3 N–H and O–H groups in total. The molecule has 2 aliphatic heterocycles. The van der Waals surface area contributed by atoms with Crippen molar-refractivity contribution in [3.8, 4) is 0 Å². The van der Waals surface area contributed by atoms with E-state index in [1.165, 1.54) is 14.7 Å². The number of hydrogen-bond acceptors (Lipinski definition) is 4. The maximum Gasteiger partial charge on any atom is 0.235 e. The molecule has 7 heteroatoms. The van der Waals surface area contributed by atoms with Crippen molar-refractivity contribution in [2.75, 3.05) is 39.3 Å². The smallest absolute Gasteiger partial charge is 0.235 e. The standard InChI is InChI=1S/C22H32N4O3/c1-21(2)17-7-8-22(21,3)20(29)26(19(17)28)15-16(27)14-24-10-12-25(13-11-24)18-6-4-5-9-23-18/h4-6,9,16-17,27H,7-8,10-15H2,1-3H3/p+2. The Morgan fingerprint density at radius 2 is 1.93 bits per heavy atom. The largest absolute Gasteiger partial charge is 0.385 e. The Labute approximate surface area is 172 Å². The SMILES string of the molecule is CC12CCC(C(=O)N(CC(O)C[NH+]3CC[NH+](c4ccccn4)CC3)C1=O)C2(C)C. The van der Waals surface area contributed by atoms with Crippen LogP contribution in [0.15, 0.2) is 24.4 Å². The lowest BCUT2D eigenvalue weighted by atomic mass is 9.62. The molecular formula is C22H34N4O3+2. The first-order valence-electron chi connectivity index (χ1n) is 10.9. The molecule has 0 aromatic carbocycles. The molecule has 2 saturated heterocycles. The monoisotopic (exact) mass is 402 g/mol. The summed E-state index contributed by atoms with van der Waals surface area (Å²) in [6, 6.07) is 6.00. The Morgan fingerprint density at radius 3 is 2.59 bits per heavy atom. The van der Waals surface area contributed by atoms with E-state index >= 15 is 0 Å². The number of likely N-dealkylation sites (tertiary alicyclic amines) is 1. The van der Waals surface area contributed by atoms with Gasteiger partial charge in [-0.15, -0.1) is 0 Å². The predicted octanol–water partition coefficient (Wildman–Crippen LogP) is -1.33. The van der Waals surface area contributed by atoms with Crippen LogP contribution in [0.4, 0.5) is 5.82 Å². The van der Waals surface area contributed by atoms with Crippen molar-refractivity contribution in [2.45, 2.75) is 39.7 Å². The second kappa shape index (κ2) is 7.45. The van der Waals surface area contributed by atoms with E-state index < -0.39 is 11.5 Å². The van der Waals surface area contributed by atoms with Crippen LogP contribution in [-0.4, -0.2) is 72.2 Å². The Bertz CT molecular complexity index is 776. The molecule has 2 bridgehead atoms. The van der Waals surface area contributed by atoms with Crippen molar-refractivity contribution in [3.05, 3.63) is 24.4 Å². The van der Waals surface area contributed by atoms with E-state index in [0.29, 0.717) is 6.54 Å². The van der Waals surface area contributed by atoms with Crippen molar-refractivity contribution < 1.29 is 24.5 Å². The molecule has 1 aromatic heterocycles. The van der Waals surface area contributed by atoms with Crippen molar-refractivity contribution in [1.82, 2.24) is 9.88 Å². The summed E-state index contributed by atoms with van der Waals surface area (Å²) in [5.74, 6) is 0.770. The second-order valence-electron chi connectivity index (χ2n) is 9.83. The van der Waals surface area contributed by atoms with Gasteiger partial charge in [0.15, 0.2) is 0 Å². The molecule has 0 spiro atoms. The number of pyridine rings is 1. The number of β-amino-alcohol motifs (C(OH)–C–C–N with tert-alkyl or cyclic N) is 1. The first kappa shape index (κ1) is 20.4. The normalized spacial score (nSPS) is 35.0. The fourth-order valence-corrected chi connectivity index (χ4v) is 5.62. The number of carbonyl (C=O) groups is 2. The summed E-state index contributed by atoms with van der Waals surface area (Å²) in [6.45, 7) is 10.6. The van der Waals surface area contributed by atoms with Gasteiger partial charge in [-0.1, -0.05) is 26.8 Å². The van der Waals surface area contributed by atoms with Gasteiger partial charge >= 0.3 is 0 Å². The predicted molar refractivity (Wildman–Crippen MR) is 107 cm³/mol. The molecule has 2 amide bonds. The van der Waals surface area contributed by atoms with Crippen molar-refractivity contribution >= 4 is 17.6 Å². The highest BCUT2D eigenvalue weighted by atomic mass is 16.3. The number of piperazine rings is 1. The van der Waals surface area contributed by atoms with Gasteiger partial charge in [0, 0.05) is 18.2 Å². The van der Waals surface area contributed by atoms with Gasteiger partial charge in [0.2, 0.25) is 17.6 Å². The van der Waals surface area contributed by atoms with Gasteiger partial charge in [-0.25, -0.2) is 4.98 Å². The van der Waals surface area contributed by atoms with Crippen LogP contribution in [0.5, 0.6) is 0 Å². The van der Waals surface area contributed by atoms with Gasteiger partial charge in [0.25, 0.3) is 0 Å². The third-order valence-electron chi connectivity index (χ3n) is 8.01. The van der Waals surface area contributed by atoms with Gasteiger partial charge in [0.1, 0.15) is 38.8 Å². The molecule has 4 rings (SSSR count). The summed E-state index contributed by atoms with van der Waals surface area (Å²) >= 11 is 0. The number of nitrogens with zero attached hydrogens (tertiary/aromatic N) is 2. The first-order chi connectivity index (χ1) is 13.7. The average molecular weight is 403 g/mol. The summed E-state index contributed by atoms with van der Waals surface area (Å²) in [6.07, 6.45) is 2.67. The minimum atomic E-state index is -0.682. The summed E-state index contributed by atoms with van der Waals surface area (Å²) in [7, 11) is 0. The number of piperidine rings is 1. The topological polar surface area (TPSA) is 79.4 Å². The number of aliphatic hydroxyl groups is 1. The van der Waals surface area contributed by atoms with Gasteiger partial charge < -0.3 is 10.0 Å². The number of carbonyl (C=O) groups excluding carboxylic acids is 2. The minimum absolute atomic E-state index is 0.0894. The second-order valence-corrected chi connectivity index (χ2v) is 9.83. The van der Waals surface area contributed by atoms with Gasteiger partial charge in [0.05, 0.1) is 12.0 Å². The van der Waals surface area contributed by atoms with Gasteiger partial charge in [-0.3, -0.25) is 19.4 Å². The highest BCUT2D eigenvalue weighted by Crippen LogP contribution is 2.59. The van der Waals surface area contributed by atoms with Crippen LogP contribution in [0.25, 0.3) is 0 Å². The highest BCUT2D eigenvalue weighted by molar-refractivity contribution is 6.03. The third kappa shape index (κ3) is 3.39. The number of rotatable bonds is 5. The molecule has 3 heterocycles. The molecule has 158 valence electrons. The van der Waals surface area contributed by atoms with Crippen molar-refractivity contribution in [1.29, 1.82) is 0 Å². The number of hydrogen-bond donors (Lipinski definition) is 3. The minimum Gasteiger partial charge on any atom is -0.385 e. The molecule has 3 atom stereocenters. The van der Waals surface area contributed by atoms with E-state index in [1.807, 2.05) is 39.1 Å². The summed E-state index contributed by atoms with van der Waals surface area (Å²) in [4.78, 5) is 34.6. The zero-order chi connectivity index (χ0) is 20.8. The lowest BCUT2D eigenvalue weighted by molar-refractivity contribution is -0.988. The summed E-state index contributed by atoms with van der Waals surface area (Å²) in [5.41, 5.74) is -0.811. The van der Waals surface area contributed by atoms with E-state index in [9.17, 15) is 14.7 Å². The van der Waals surface area contributed by atoms with E-state index in [4.69, 9.17) is 0 Å². The molecule has 3 aliphatic rings. The van der Waals surface area contributed by atoms with Crippen LogP contribution in [0.3, 0.4) is 0 Å². The maximum atomic E-state index is 13.1. The Kier molecular flexibility index (Phi) is 5.25. The van der Waals surface area contributed by atoms with Gasteiger partial charge in [-0.05, 0) is 24.3 Å². The van der Waals surface area contributed by atoms with Crippen LogP contribution in [-0.2, 0) is 9.59 Å². The van der Waals surface area contributed by atoms with Crippen LogP contribution >= 0.6 is 0 Å². The number of fused-ring (bicyclic) bond motifs is 2. The van der Waals surface area contributed by atoms with Crippen molar-refractivity contribution in [2.24, 2.45) is 16.7 Å². The molecule has 1 aliphatic carbocycles. The lowest BCUT2D eigenvalue weighted by Gasteiger charge is -2.48. The van der Waals surface area contributed by atoms with E-state index in [-0.39, 0.29) is 29.7 Å². The van der Waals surface area contributed by atoms with E-state index in [2.05, 4.69) is 11.1 Å². The number of quaternary nitrogens is 2. The Balaban J connectivity index is 1.33. The quantitative estimate of drug-likeness (QED) is 0.533. The number of aliphatic hydroxyl groups excluding tert-OH is 1. The van der Waals surface area contributed by atoms with E-state index in [0.717, 1.165) is 44.8 Å². The third-order valence-corrected chi connectivity index (χ3v) is 8.01.